The lowest BCUT2D eigenvalue weighted by Gasteiger charge is -2.03. The van der Waals surface area contributed by atoms with Crippen molar-refractivity contribution in [2.75, 3.05) is 5.32 Å². The molecule has 0 aliphatic heterocycles. The van der Waals surface area contributed by atoms with Gasteiger partial charge in [0.2, 0.25) is 5.28 Å². The second-order valence-electron chi connectivity index (χ2n) is 2.92. The van der Waals surface area contributed by atoms with E-state index in [9.17, 15) is 0 Å². The highest BCUT2D eigenvalue weighted by atomic mass is 35.5. The Hall–Kier alpha value is -2.19. The van der Waals surface area contributed by atoms with Crippen LogP contribution in [-0.2, 0) is 0 Å². The fraction of sp³-hybridized carbons (Fsp3) is 0. The van der Waals surface area contributed by atoms with Crippen LogP contribution in [0.4, 0.5) is 11.5 Å². The van der Waals surface area contributed by atoms with Crippen LogP contribution in [0.2, 0.25) is 5.28 Å². The molecule has 0 spiro atoms. The second kappa shape index (κ2) is 4.55. The van der Waals surface area contributed by atoms with E-state index in [4.69, 9.17) is 16.9 Å². The minimum atomic E-state index is 0.0821. The third kappa shape index (κ3) is 2.43. The number of nitriles is 1. The zero-order valence-corrected chi connectivity index (χ0v) is 8.81. The quantitative estimate of drug-likeness (QED) is 0.857. The van der Waals surface area contributed by atoms with Crippen LogP contribution in [0.5, 0.6) is 0 Å². The zero-order chi connectivity index (χ0) is 11.4. The van der Waals surface area contributed by atoms with E-state index in [0.717, 1.165) is 5.69 Å². The highest BCUT2D eigenvalue weighted by Crippen LogP contribution is 2.14. The molecule has 0 radical (unpaired) electrons. The van der Waals surface area contributed by atoms with Crippen molar-refractivity contribution in [1.29, 1.82) is 5.26 Å². The van der Waals surface area contributed by atoms with Crippen LogP contribution in [0.3, 0.4) is 0 Å². The number of benzene rings is 1. The van der Waals surface area contributed by atoms with Gasteiger partial charge < -0.3 is 5.32 Å². The molecule has 16 heavy (non-hydrogen) atoms. The van der Waals surface area contributed by atoms with E-state index >= 15 is 0 Å². The molecule has 0 saturated carbocycles. The molecule has 1 N–H and O–H groups in total. The van der Waals surface area contributed by atoms with Crippen molar-refractivity contribution >= 4 is 23.1 Å². The summed E-state index contributed by atoms with van der Waals surface area (Å²) in [7, 11) is 0. The van der Waals surface area contributed by atoms with Gasteiger partial charge in [0, 0.05) is 5.69 Å². The number of hydrogen-bond donors (Lipinski definition) is 1. The molecule has 2 rings (SSSR count). The Balaban J connectivity index is 2.18. The van der Waals surface area contributed by atoms with Crippen molar-refractivity contribution in [2.45, 2.75) is 0 Å². The number of anilines is 2. The maximum absolute atomic E-state index is 8.64. The van der Waals surface area contributed by atoms with Gasteiger partial charge in [-0.2, -0.15) is 15.3 Å². The topological polar surface area (TPSA) is 74.5 Å². The van der Waals surface area contributed by atoms with E-state index < -0.39 is 0 Å². The molecule has 1 aromatic carbocycles. The molecule has 0 fully saturated rings. The van der Waals surface area contributed by atoms with Gasteiger partial charge in [-0.3, -0.25) is 0 Å². The largest absolute Gasteiger partial charge is 0.339 e. The van der Waals surface area contributed by atoms with Gasteiger partial charge in [0.1, 0.15) is 0 Å². The zero-order valence-electron chi connectivity index (χ0n) is 8.05. The van der Waals surface area contributed by atoms with E-state index in [1.165, 1.54) is 6.20 Å². The lowest BCUT2D eigenvalue weighted by Crippen LogP contribution is -1.96. The monoisotopic (exact) mass is 231 g/mol. The first-order valence-electron chi connectivity index (χ1n) is 4.40. The minimum absolute atomic E-state index is 0.0821. The van der Waals surface area contributed by atoms with Crippen LogP contribution in [0.25, 0.3) is 0 Å². The summed E-state index contributed by atoms with van der Waals surface area (Å²) in [5, 5.41) is 18.9. The number of halogens is 1. The van der Waals surface area contributed by atoms with Crippen molar-refractivity contribution in [3.63, 3.8) is 0 Å². The Morgan fingerprint density at radius 3 is 2.62 bits per heavy atom. The van der Waals surface area contributed by atoms with E-state index in [0.29, 0.717) is 11.4 Å². The van der Waals surface area contributed by atoms with Gasteiger partial charge in [-0.15, -0.1) is 5.10 Å². The van der Waals surface area contributed by atoms with Gasteiger partial charge in [0.25, 0.3) is 0 Å². The summed E-state index contributed by atoms with van der Waals surface area (Å²) < 4.78 is 0. The Labute approximate surface area is 96.7 Å². The fourth-order valence-electron chi connectivity index (χ4n) is 1.12. The first kappa shape index (κ1) is 10.3. The Morgan fingerprint density at radius 1 is 1.25 bits per heavy atom. The molecule has 0 unspecified atom stereocenters. The predicted octanol–water partition coefficient (Wildman–Crippen LogP) is 2.14. The summed E-state index contributed by atoms with van der Waals surface area (Å²) >= 11 is 5.59. The third-order valence-corrected chi connectivity index (χ3v) is 1.98. The lowest BCUT2D eigenvalue weighted by atomic mass is 10.2. The third-order valence-electron chi connectivity index (χ3n) is 1.82. The molecule has 1 aromatic heterocycles. The number of aromatic nitrogens is 3. The Kier molecular flexibility index (Phi) is 2.94. The summed E-state index contributed by atoms with van der Waals surface area (Å²) in [5.41, 5.74) is 1.40. The summed E-state index contributed by atoms with van der Waals surface area (Å²) in [6, 6.07) is 9.00. The van der Waals surface area contributed by atoms with Crippen LogP contribution in [0.15, 0.2) is 30.5 Å². The molecule has 0 atom stereocenters. The lowest BCUT2D eigenvalue weighted by molar-refractivity contribution is 0.974. The van der Waals surface area contributed by atoms with E-state index in [-0.39, 0.29) is 5.28 Å². The van der Waals surface area contributed by atoms with Gasteiger partial charge >= 0.3 is 0 Å². The smallest absolute Gasteiger partial charge is 0.244 e. The van der Waals surface area contributed by atoms with Crippen LogP contribution >= 0.6 is 11.6 Å². The maximum Gasteiger partial charge on any atom is 0.244 e. The number of nitrogens with one attached hydrogen (secondary N) is 1. The Bertz CT molecular complexity index is 532. The van der Waals surface area contributed by atoms with Crippen molar-refractivity contribution in [2.24, 2.45) is 0 Å². The predicted molar refractivity (Wildman–Crippen MR) is 59.3 cm³/mol. The first-order valence-corrected chi connectivity index (χ1v) is 4.78. The normalized spacial score (nSPS) is 9.50. The SMILES string of the molecule is N#Cc1ccc(Nc2cnnc(Cl)n2)cc1. The van der Waals surface area contributed by atoms with Crippen molar-refractivity contribution < 1.29 is 0 Å². The fourth-order valence-corrected chi connectivity index (χ4v) is 1.25. The van der Waals surface area contributed by atoms with Gasteiger partial charge in [-0.25, -0.2) is 0 Å². The van der Waals surface area contributed by atoms with Crippen LogP contribution < -0.4 is 5.32 Å². The molecule has 0 amide bonds. The van der Waals surface area contributed by atoms with E-state index in [1.54, 1.807) is 24.3 Å². The molecule has 6 heteroatoms. The van der Waals surface area contributed by atoms with E-state index in [1.807, 2.05) is 6.07 Å². The highest BCUT2D eigenvalue weighted by molar-refractivity contribution is 6.28. The summed E-state index contributed by atoms with van der Waals surface area (Å²) in [5.74, 6) is 0.504. The molecule has 0 aliphatic rings. The van der Waals surface area contributed by atoms with Crippen molar-refractivity contribution in [3.05, 3.63) is 41.3 Å². The minimum Gasteiger partial charge on any atom is -0.339 e. The molecular formula is C10H6ClN5. The van der Waals surface area contributed by atoms with Crippen molar-refractivity contribution in [3.8, 4) is 6.07 Å². The summed E-state index contributed by atoms with van der Waals surface area (Å²) in [4.78, 5) is 3.93. The van der Waals surface area contributed by atoms with Gasteiger partial charge in [0.05, 0.1) is 17.8 Å². The Morgan fingerprint density at radius 2 is 2.00 bits per heavy atom. The van der Waals surface area contributed by atoms with Gasteiger partial charge in [-0.05, 0) is 35.9 Å². The average Bonchev–Trinajstić information content (AvgIpc) is 2.30. The molecule has 78 valence electrons. The molecule has 0 bridgehead atoms. The summed E-state index contributed by atoms with van der Waals surface area (Å²) in [6.45, 7) is 0. The van der Waals surface area contributed by atoms with Crippen molar-refractivity contribution in [1.82, 2.24) is 15.2 Å². The van der Waals surface area contributed by atoms with Crippen LogP contribution in [0.1, 0.15) is 5.56 Å². The second-order valence-corrected chi connectivity index (χ2v) is 3.26. The standard InChI is InChI=1S/C10H6ClN5/c11-10-15-9(6-13-16-10)14-8-3-1-7(5-12)2-4-8/h1-4,6H,(H,14,15,16). The molecule has 5 nitrogen and oxygen atoms in total. The van der Waals surface area contributed by atoms with Gasteiger partial charge in [0.15, 0.2) is 5.82 Å². The van der Waals surface area contributed by atoms with Crippen LogP contribution in [0, 0.1) is 11.3 Å². The number of nitrogens with zero attached hydrogens (tertiary/aromatic N) is 4. The molecular weight excluding hydrogens is 226 g/mol. The van der Waals surface area contributed by atoms with E-state index in [2.05, 4.69) is 20.5 Å². The molecule has 1 heterocycles. The van der Waals surface area contributed by atoms with Gasteiger partial charge in [-0.1, -0.05) is 0 Å². The summed E-state index contributed by atoms with van der Waals surface area (Å²) in [6.07, 6.45) is 1.46. The molecule has 2 aromatic rings. The number of rotatable bonds is 2. The van der Waals surface area contributed by atoms with Crippen LogP contribution in [-0.4, -0.2) is 15.2 Å². The average molecular weight is 232 g/mol. The highest BCUT2D eigenvalue weighted by Gasteiger charge is 1.98. The molecule has 0 aliphatic carbocycles. The first-order chi connectivity index (χ1) is 7.78. The maximum atomic E-state index is 8.64. The number of hydrogen-bond acceptors (Lipinski definition) is 5. The molecule has 0 saturated heterocycles.